The first kappa shape index (κ1) is 16.9. The number of amides is 1. The van der Waals surface area contributed by atoms with Crippen LogP contribution in [0.3, 0.4) is 0 Å². The van der Waals surface area contributed by atoms with Crippen LogP contribution in [0.4, 0.5) is 5.69 Å². The fourth-order valence-corrected chi connectivity index (χ4v) is 2.58. The predicted octanol–water partition coefficient (Wildman–Crippen LogP) is 4.76. The number of fused-ring (bicyclic) bond motifs is 1. The molecule has 0 atom stereocenters. The fraction of sp³-hybridized carbons (Fsp3) is 0.105. The summed E-state index contributed by atoms with van der Waals surface area (Å²) in [6, 6.07) is 12.4. The van der Waals surface area contributed by atoms with Crippen LogP contribution in [0.2, 0.25) is 5.02 Å². The highest BCUT2D eigenvalue weighted by molar-refractivity contribution is 6.31. The Kier molecular flexibility index (Phi) is 4.95. The number of furan rings is 1. The van der Waals surface area contributed by atoms with E-state index >= 15 is 0 Å². The van der Waals surface area contributed by atoms with Crippen molar-refractivity contribution >= 4 is 40.2 Å². The van der Waals surface area contributed by atoms with E-state index in [1.165, 1.54) is 13.2 Å². The zero-order valence-electron chi connectivity index (χ0n) is 13.7. The van der Waals surface area contributed by atoms with E-state index in [0.717, 1.165) is 5.39 Å². The number of methoxy groups -OCH3 is 2. The minimum Gasteiger partial charge on any atom is -0.495 e. The van der Waals surface area contributed by atoms with Gasteiger partial charge in [0.15, 0.2) is 11.3 Å². The number of hydrogen-bond donors (Lipinski definition) is 1. The Labute approximate surface area is 149 Å². The molecule has 2 aromatic carbocycles. The molecule has 0 aliphatic carbocycles. The maximum atomic E-state index is 12.1. The first-order valence-corrected chi connectivity index (χ1v) is 7.87. The van der Waals surface area contributed by atoms with Gasteiger partial charge in [0.2, 0.25) is 5.91 Å². The summed E-state index contributed by atoms with van der Waals surface area (Å²) in [5.74, 6) is 1.39. The van der Waals surface area contributed by atoms with Crippen LogP contribution < -0.4 is 14.8 Å². The van der Waals surface area contributed by atoms with Crippen LogP contribution in [0, 0.1) is 0 Å². The second-order valence-corrected chi connectivity index (χ2v) is 5.63. The summed E-state index contributed by atoms with van der Waals surface area (Å²) < 4.78 is 16.2. The zero-order chi connectivity index (χ0) is 17.8. The molecule has 0 fully saturated rings. The number of anilines is 1. The third-order valence-corrected chi connectivity index (χ3v) is 3.80. The molecular weight excluding hydrogens is 342 g/mol. The van der Waals surface area contributed by atoms with E-state index in [1.807, 2.05) is 24.3 Å². The molecule has 3 rings (SSSR count). The van der Waals surface area contributed by atoms with Gasteiger partial charge in [-0.15, -0.1) is 0 Å². The van der Waals surface area contributed by atoms with E-state index in [9.17, 15) is 4.79 Å². The Balaban J connectivity index is 1.78. The van der Waals surface area contributed by atoms with E-state index in [2.05, 4.69) is 5.32 Å². The average molecular weight is 358 g/mol. The summed E-state index contributed by atoms with van der Waals surface area (Å²) in [5, 5.41) is 4.13. The minimum absolute atomic E-state index is 0.326. The lowest BCUT2D eigenvalue weighted by molar-refractivity contribution is -0.111. The highest BCUT2D eigenvalue weighted by Gasteiger charge is 2.08. The molecule has 1 amide bonds. The molecule has 0 aliphatic rings. The van der Waals surface area contributed by atoms with Crippen LogP contribution in [-0.2, 0) is 4.79 Å². The molecule has 5 nitrogen and oxygen atoms in total. The second-order valence-electron chi connectivity index (χ2n) is 5.19. The smallest absolute Gasteiger partial charge is 0.248 e. The van der Waals surface area contributed by atoms with Gasteiger partial charge >= 0.3 is 0 Å². The maximum absolute atomic E-state index is 12.1. The molecule has 0 saturated heterocycles. The zero-order valence-corrected chi connectivity index (χ0v) is 14.5. The molecule has 3 aromatic rings. The highest BCUT2D eigenvalue weighted by Crippen LogP contribution is 2.29. The first-order chi connectivity index (χ1) is 12.1. The number of benzene rings is 2. The van der Waals surface area contributed by atoms with Crippen molar-refractivity contribution in [2.24, 2.45) is 0 Å². The van der Waals surface area contributed by atoms with Gasteiger partial charge in [0.25, 0.3) is 0 Å². The maximum Gasteiger partial charge on any atom is 0.248 e. The standard InChI is InChI=1S/C19H16ClNO4/c1-23-16-8-6-13(20)11-15(16)21-18(22)9-7-14-10-12-4-3-5-17(24-2)19(12)25-14/h3-11H,1-2H3,(H,21,22)/b9-7+. The lowest BCUT2D eigenvalue weighted by Crippen LogP contribution is -2.08. The van der Waals surface area contributed by atoms with Crippen LogP contribution in [-0.4, -0.2) is 20.1 Å². The summed E-state index contributed by atoms with van der Waals surface area (Å²) in [6.45, 7) is 0. The largest absolute Gasteiger partial charge is 0.495 e. The number of carbonyl (C=O) groups is 1. The molecule has 0 aliphatic heterocycles. The monoisotopic (exact) mass is 357 g/mol. The summed E-state index contributed by atoms with van der Waals surface area (Å²) >= 11 is 5.95. The van der Waals surface area contributed by atoms with Gasteiger partial charge in [0, 0.05) is 16.5 Å². The van der Waals surface area contributed by atoms with E-state index < -0.39 is 0 Å². The van der Waals surface area contributed by atoms with Crippen LogP contribution in [0.5, 0.6) is 11.5 Å². The second kappa shape index (κ2) is 7.32. The molecule has 0 radical (unpaired) electrons. The quantitative estimate of drug-likeness (QED) is 0.669. The highest BCUT2D eigenvalue weighted by atomic mass is 35.5. The molecule has 1 aromatic heterocycles. The first-order valence-electron chi connectivity index (χ1n) is 7.50. The van der Waals surface area contributed by atoms with E-state index in [1.54, 1.807) is 31.4 Å². The molecule has 6 heteroatoms. The molecule has 0 spiro atoms. The average Bonchev–Trinajstić information content (AvgIpc) is 3.03. The van der Waals surface area contributed by atoms with Gasteiger partial charge in [-0.25, -0.2) is 0 Å². The van der Waals surface area contributed by atoms with Gasteiger partial charge < -0.3 is 19.2 Å². The normalized spacial score (nSPS) is 11.0. The van der Waals surface area contributed by atoms with Crippen LogP contribution in [0.15, 0.2) is 53.0 Å². The number of nitrogens with one attached hydrogen (secondary N) is 1. The number of halogens is 1. The molecule has 128 valence electrons. The van der Waals surface area contributed by atoms with Gasteiger partial charge in [-0.1, -0.05) is 23.7 Å². The summed E-state index contributed by atoms with van der Waals surface area (Å²) in [5.41, 5.74) is 1.14. The molecule has 0 unspecified atom stereocenters. The Morgan fingerprint density at radius 1 is 1.12 bits per heavy atom. The van der Waals surface area contributed by atoms with E-state index in [4.69, 9.17) is 25.5 Å². The third-order valence-electron chi connectivity index (χ3n) is 3.57. The minimum atomic E-state index is -0.326. The Hall–Kier alpha value is -2.92. The van der Waals surface area contributed by atoms with Crippen molar-refractivity contribution in [2.45, 2.75) is 0 Å². The number of hydrogen-bond acceptors (Lipinski definition) is 4. The van der Waals surface area contributed by atoms with Crippen molar-refractivity contribution < 1.29 is 18.7 Å². The number of rotatable bonds is 5. The number of ether oxygens (including phenoxy) is 2. The predicted molar refractivity (Wildman–Crippen MR) is 98.4 cm³/mol. The third kappa shape index (κ3) is 3.78. The Morgan fingerprint density at radius 3 is 2.68 bits per heavy atom. The van der Waals surface area contributed by atoms with Crippen molar-refractivity contribution in [3.05, 3.63) is 59.3 Å². The molecule has 0 bridgehead atoms. The van der Waals surface area contributed by atoms with Gasteiger partial charge in [-0.3, -0.25) is 4.79 Å². The summed E-state index contributed by atoms with van der Waals surface area (Å²) in [4.78, 5) is 12.1. The van der Waals surface area contributed by atoms with Gasteiger partial charge in [0.05, 0.1) is 19.9 Å². The van der Waals surface area contributed by atoms with Crippen molar-refractivity contribution in [1.29, 1.82) is 0 Å². The van der Waals surface area contributed by atoms with Crippen LogP contribution >= 0.6 is 11.6 Å². The fourth-order valence-electron chi connectivity index (χ4n) is 2.41. The summed E-state index contributed by atoms with van der Waals surface area (Å²) in [6.07, 6.45) is 2.97. The topological polar surface area (TPSA) is 60.7 Å². The van der Waals surface area contributed by atoms with Crippen molar-refractivity contribution in [2.75, 3.05) is 19.5 Å². The van der Waals surface area contributed by atoms with Gasteiger partial charge in [-0.2, -0.15) is 0 Å². The van der Waals surface area contributed by atoms with E-state index in [0.29, 0.717) is 33.6 Å². The molecule has 1 N–H and O–H groups in total. The van der Waals surface area contributed by atoms with Crippen molar-refractivity contribution in [1.82, 2.24) is 0 Å². The van der Waals surface area contributed by atoms with Crippen molar-refractivity contribution in [3.63, 3.8) is 0 Å². The van der Waals surface area contributed by atoms with E-state index in [-0.39, 0.29) is 5.91 Å². The Morgan fingerprint density at radius 2 is 1.92 bits per heavy atom. The van der Waals surface area contributed by atoms with Gasteiger partial charge in [0.1, 0.15) is 11.5 Å². The number of carbonyl (C=O) groups excluding carboxylic acids is 1. The lowest BCUT2D eigenvalue weighted by atomic mass is 10.2. The molecular formula is C19H16ClNO4. The van der Waals surface area contributed by atoms with Gasteiger partial charge in [-0.05, 0) is 36.4 Å². The summed E-state index contributed by atoms with van der Waals surface area (Å²) in [7, 11) is 3.11. The number of para-hydroxylation sites is 1. The SMILES string of the molecule is COc1ccc(Cl)cc1NC(=O)/C=C/c1cc2cccc(OC)c2o1. The Bertz CT molecular complexity index is 946. The molecule has 1 heterocycles. The van der Waals surface area contributed by atoms with Crippen molar-refractivity contribution in [3.8, 4) is 11.5 Å². The molecule has 0 saturated carbocycles. The molecule has 25 heavy (non-hydrogen) atoms. The van der Waals surface area contributed by atoms with Crippen LogP contribution in [0.25, 0.3) is 17.0 Å². The van der Waals surface area contributed by atoms with Crippen LogP contribution in [0.1, 0.15) is 5.76 Å². The lowest BCUT2D eigenvalue weighted by Gasteiger charge is -2.08.